The molecule has 1 spiro atoms. The van der Waals surface area contributed by atoms with Gasteiger partial charge in [0.05, 0.1) is 46.2 Å². The fourth-order valence-corrected chi connectivity index (χ4v) is 7.15. The first-order valence-electron chi connectivity index (χ1n) is 15.1. The molecule has 47 heavy (non-hydrogen) atoms. The third-order valence-corrected chi connectivity index (χ3v) is 9.13. The number of rotatable bonds is 3. The third kappa shape index (κ3) is 3.56. The molecule has 2 N–H and O–H groups in total. The molecule has 2 aromatic heterocycles. The number of hydrogen-bond acceptors (Lipinski definition) is 8. The monoisotopic (exact) mass is 612 g/mol. The van der Waals surface area contributed by atoms with E-state index in [4.69, 9.17) is 20.4 Å². The van der Waals surface area contributed by atoms with Crippen LogP contribution in [0.4, 0.5) is 5.69 Å². The number of carbonyl (C=O) groups excluding carboxylic acids is 1. The summed E-state index contributed by atoms with van der Waals surface area (Å²) < 4.78 is 8.04. The first kappa shape index (κ1) is 26.8. The lowest BCUT2D eigenvalue weighted by Crippen LogP contribution is -2.46. The van der Waals surface area contributed by atoms with Crippen molar-refractivity contribution in [3.8, 4) is 17.5 Å². The van der Waals surface area contributed by atoms with Crippen molar-refractivity contribution in [2.24, 2.45) is 5.73 Å². The molecule has 0 saturated heterocycles. The van der Waals surface area contributed by atoms with Gasteiger partial charge in [0.15, 0.2) is 0 Å². The van der Waals surface area contributed by atoms with Crippen molar-refractivity contribution in [1.29, 1.82) is 5.26 Å². The number of nitrogens with two attached hydrogens (primary N) is 1. The molecule has 0 saturated carbocycles. The van der Waals surface area contributed by atoms with E-state index in [0.29, 0.717) is 55.7 Å². The van der Waals surface area contributed by atoms with E-state index in [-0.39, 0.29) is 23.9 Å². The standard InChI is InChI=1S/C37H24N8O2/c1-21-9-8-10-22(17-21)45-23(19-40-43-45)20-44-30-16-7-4-13-26(30)37(36(44)46)27(18-38)35(39)47-34-25-12-3-2-11-24(25)32-33(31(34)37)42-29-15-6-5-14-28(29)41-32/h2-17,19H,20,39H2,1H3. The summed E-state index contributed by atoms with van der Waals surface area (Å²) in [4.78, 5) is 27.3. The van der Waals surface area contributed by atoms with Crippen LogP contribution in [-0.2, 0) is 16.8 Å². The minimum Gasteiger partial charge on any atom is -0.439 e. The zero-order valence-corrected chi connectivity index (χ0v) is 25.0. The van der Waals surface area contributed by atoms with E-state index in [1.165, 1.54) is 0 Å². The quantitative estimate of drug-likeness (QED) is 0.197. The summed E-state index contributed by atoms with van der Waals surface area (Å²) in [6.07, 6.45) is 1.65. The van der Waals surface area contributed by atoms with Crippen LogP contribution in [0.1, 0.15) is 22.4 Å². The van der Waals surface area contributed by atoms with Gasteiger partial charge in [0.1, 0.15) is 22.8 Å². The molecular formula is C37H24N8O2. The van der Waals surface area contributed by atoms with Crippen LogP contribution in [0.5, 0.6) is 5.75 Å². The van der Waals surface area contributed by atoms with E-state index in [1.807, 2.05) is 104 Å². The van der Waals surface area contributed by atoms with E-state index >= 15 is 4.79 Å². The zero-order valence-electron chi connectivity index (χ0n) is 25.0. The Bertz CT molecular complexity index is 2560. The number of anilines is 1. The number of nitrogens with zero attached hydrogens (tertiary/aromatic N) is 7. The molecule has 0 fully saturated rings. The fraction of sp³-hybridized carbons (Fsp3) is 0.0811. The fourth-order valence-electron chi connectivity index (χ4n) is 7.15. The number of hydrogen-bond donors (Lipinski definition) is 1. The van der Waals surface area contributed by atoms with Crippen LogP contribution in [0, 0.1) is 18.3 Å². The molecular weight excluding hydrogens is 588 g/mol. The molecule has 10 heteroatoms. The smallest absolute Gasteiger partial charge is 0.248 e. The van der Waals surface area contributed by atoms with Crippen LogP contribution in [-0.4, -0.2) is 30.9 Å². The number of aromatic nitrogens is 5. The molecule has 4 heterocycles. The van der Waals surface area contributed by atoms with Crippen molar-refractivity contribution in [3.05, 3.63) is 137 Å². The van der Waals surface area contributed by atoms with Crippen LogP contribution >= 0.6 is 0 Å². The molecule has 2 aliphatic heterocycles. The Morgan fingerprint density at radius 2 is 1.62 bits per heavy atom. The van der Waals surface area contributed by atoms with Crippen molar-refractivity contribution < 1.29 is 9.53 Å². The molecule has 7 aromatic rings. The number of aryl methyl sites for hydroxylation is 1. The second kappa shape index (κ2) is 9.70. The van der Waals surface area contributed by atoms with Gasteiger partial charge in [-0.3, -0.25) is 4.79 Å². The number of benzene rings is 5. The lowest BCUT2D eigenvalue weighted by molar-refractivity contribution is -0.121. The summed E-state index contributed by atoms with van der Waals surface area (Å²) in [5.74, 6) is -0.105. The summed E-state index contributed by atoms with van der Waals surface area (Å²) in [6, 6.07) is 33.0. The number of fused-ring (bicyclic) bond motifs is 10. The summed E-state index contributed by atoms with van der Waals surface area (Å²) in [5, 5.41) is 20.8. The van der Waals surface area contributed by atoms with E-state index in [9.17, 15) is 5.26 Å². The van der Waals surface area contributed by atoms with Gasteiger partial charge in [0.25, 0.3) is 0 Å². The van der Waals surface area contributed by atoms with Gasteiger partial charge in [0.2, 0.25) is 11.8 Å². The number of ether oxygens (including phenoxy) is 1. The number of para-hydroxylation sites is 3. The highest BCUT2D eigenvalue weighted by atomic mass is 16.5. The molecule has 1 unspecified atom stereocenters. The Hall–Kier alpha value is -6.60. The average molecular weight is 613 g/mol. The highest BCUT2D eigenvalue weighted by Gasteiger charge is 2.60. The van der Waals surface area contributed by atoms with E-state index in [2.05, 4.69) is 16.4 Å². The number of amides is 1. The topological polar surface area (TPSA) is 136 Å². The van der Waals surface area contributed by atoms with Gasteiger partial charge in [0, 0.05) is 27.6 Å². The SMILES string of the molecule is Cc1cccc(-n2nncc2CN2C(=O)C3(C(C#N)=C(N)Oc4c3c3nc5ccccc5nc3c3ccccc43)c3ccccc32)c1. The second-order valence-corrected chi connectivity index (χ2v) is 11.7. The van der Waals surface area contributed by atoms with Gasteiger partial charge in [-0.05, 0) is 42.8 Å². The van der Waals surface area contributed by atoms with Crippen LogP contribution in [0.15, 0.2) is 115 Å². The molecule has 0 radical (unpaired) electrons. The van der Waals surface area contributed by atoms with Crippen LogP contribution in [0.3, 0.4) is 0 Å². The molecule has 5 aromatic carbocycles. The molecule has 1 atom stereocenters. The summed E-state index contributed by atoms with van der Waals surface area (Å²) in [7, 11) is 0. The van der Waals surface area contributed by atoms with Crippen LogP contribution < -0.4 is 15.4 Å². The Morgan fingerprint density at radius 1 is 0.894 bits per heavy atom. The lowest BCUT2D eigenvalue weighted by Gasteiger charge is -2.35. The van der Waals surface area contributed by atoms with Gasteiger partial charge in [-0.1, -0.05) is 71.9 Å². The van der Waals surface area contributed by atoms with Crippen LogP contribution in [0.2, 0.25) is 0 Å². The normalized spacial score (nSPS) is 16.9. The molecule has 0 bridgehead atoms. The first-order chi connectivity index (χ1) is 23.0. The van der Waals surface area contributed by atoms with Crippen molar-refractivity contribution >= 4 is 44.4 Å². The van der Waals surface area contributed by atoms with Gasteiger partial charge in [-0.2, -0.15) is 5.26 Å². The lowest BCUT2D eigenvalue weighted by atomic mass is 9.67. The largest absolute Gasteiger partial charge is 0.439 e. The first-order valence-corrected chi connectivity index (χ1v) is 15.1. The summed E-state index contributed by atoms with van der Waals surface area (Å²) >= 11 is 0. The summed E-state index contributed by atoms with van der Waals surface area (Å²) in [5.41, 5.74) is 11.6. The van der Waals surface area contributed by atoms with Crippen molar-refractivity contribution in [1.82, 2.24) is 25.0 Å². The Kier molecular flexibility index (Phi) is 5.52. The van der Waals surface area contributed by atoms with E-state index in [0.717, 1.165) is 16.6 Å². The highest BCUT2D eigenvalue weighted by molar-refractivity contribution is 6.20. The van der Waals surface area contributed by atoms with Crippen molar-refractivity contribution in [2.45, 2.75) is 18.9 Å². The van der Waals surface area contributed by atoms with Crippen LogP contribution in [0.25, 0.3) is 38.5 Å². The minimum absolute atomic E-state index is 0.00167. The average Bonchev–Trinajstić information content (AvgIpc) is 3.66. The maximum atomic E-state index is 15.4. The highest BCUT2D eigenvalue weighted by Crippen LogP contribution is 2.58. The van der Waals surface area contributed by atoms with Gasteiger partial charge >= 0.3 is 0 Å². The Balaban J connectivity index is 1.36. The predicted octanol–water partition coefficient (Wildman–Crippen LogP) is 5.74. The number of nitriles is 1. The minimum atomic E-state index is -1.66. The van der Waals surface area contributed by atoms with Gasteiger partial charge in [-0.15, -0.1) is 5.10 Å². The van der Waals surface area contributed by atoms with Crippen molar-refractivity contribution in [3.63, 3.8) is 0 Å². The zero-order chi connectivity index (χ0) is 31.9. The Labute approximate surface area is 268 Å². The summed E-state index contributed by atoms with van der Waals surface area (Å²) in [6.45, 7) is 2.14. The number of carbonyl (C=O) groups is 1. The predicted molar refractivity (Wildman–Crippen MR) is 177 cm³/mol. The van der Waals surface area contributed by atoms with Gasteiger partial charge < -0.3 is 15.4 Å². The molecule has 9 rings (SSSR count). The van der Waals surface area contributed by atoms with E-state index in [1.54, 1.807) is 15.8 Å². The van der Waals surface area contributed by atoms with E-state index < -0.39 is 5.41 Å². The van der Waals surface area contributed by atoms with Gasteiger partial charge in [-0.25, -0.2) is 14.6 Å². The maximum Gasteiger partial charge on any atom is 0.248 e. The molecule has 0 aliphatic carbocycles. The Morgan fingerprint density at radius 3 is 2.40 bits per heavy atom. The molecule has 10 nitrogen and oxygen atoms in total. The molecule has 224 valence electrons. The second-order valence-electron chi connectivity index (χ2n) is 11.7. The molecule has 2 aliphatic rings. The third-order valence-electron chi connectivity index (χ3n) is 9.13. The maximum absolute atomic E-state index is 15.4. The molecule has 1 amide bonds. The van der Waals surface area contributed by atoms with Crippen molar-refractivity contribution in [2.75, 3.05) is 4.90 Å².